The smallest absolute Gasteiger partial charge is 0.140 e. The minimum Gasteiger partial charge on any atom is -0.140 e. The minimum absolute atomic E-state index is 1.03. The first-order valence-corrected chi connectivity index (χ1v) is 8.23. The predicted molar refractivity (Wildman–Crippen MR) is 58.8 cm³/mol. The van der Waals surface area contributed by atoms with Gasteiger partial charge in [-0.3, -0.25) is 0 Å². The first-order chi connectivity index (χ1) is 5.61. The van der Waals surface area contributed by atoms with E-state index >= 15 is 0 Å². The van der Waals surface area contributed by atoms with Crippen LogP contribution in [0.5, 0.6) is 0 Å². The van der Waals surface area contributed by atoms with Gasteiger partial charge in [0.15, 0.2) is 0 Å². The highest BCUT2D eigenvalue weighted by Gasteiger charge is 2.24. The quantitative estimate of drug-likeness (QED) is 0.464. The monoisotopic (exact) mass is 216 g/mol. The van der Waals surface area contributed by atoms with Crippen LogP contribution in [-0.4, -0.2) is 6.69 Å². The fraction of sp³-hybridized carbons (Fsp3) is 0.111. The van der Waals surface area contributed by atoms with Crippen LogP contribution in [0, 0.1) is 0 Å². The maximum absolute atomic E-state index is 6.06. The maximum atomic E-state index is 6.06. The summed E-state index contributed by atoms with van der Waals surface area (Å²) < 4.78 is 0. The lowest BCUT2D eigenvalue weighted by atomic mass is 10.3. The van der Waals surface area contributed by atoms with E-state index in [1.54, 1.807) is 0 Å². The minimum atomic E-state index is -2.18. The highest BCUT2D eigenvalue weighted by molar-refractivity contribution is 7.48. The molecule has 0 heterocycles. The Kier molecular flexibility index (Phi) is 3.38. The van der Waals surface area contributed by atoms with Gasteiger partial charge in [0.1, 0.15) is 0 Å². The molecule has 0 bridgehead atoms. The molecular weight excluding hydrogens is 207 g/mol. The van der Waals surface area contributed by atoms with Crippen molar-refractivity contribution in [3.8, 4) is 0 Å². The zero-order chi connectivity index (χ0) is 9.03. The van der Waals surface area contributed by atoms with Crippen molar-refractivity contribution in [2.24, 2.45) is 0 Å². The molecule has 0 atom stereocenters. The third-order valence-corrected chi connectivity index (χ3v) is 4.16. The Balaban J connectivity index is 2.90. The van der Waals surface area contributed by atoms with Crippen LogP contribution in [-0.2, 0) is 0 Å². The van der Waals surface area contributed by atoms with Crippen molar-refractivity contribution in [3.05, 3.63) is 47.7 Å². The lowest BCUT2D eigenvalue weighted by molar-refractivity contribution is 1.74. The lowest BCUT2D eigenvalue weighted by Crippen LogP contribution is -2.15. The SMILES string of the molecule is C[Si](Cl)(Cl)C1=CC=CC=CC=C1. The second-order valence-corrected chi connectivity index (χ2v) is 10.1. The molecule has 0 aromatic carbocycles. The van der Waals surface area contributed by atoms with Crippen LogP contribution < -0.4 is 0 Å². The lowest BCUT2D eigenvalue weighted by Gasteiger charge is -2.11. The van der Waals surface area contributed by atoms with Gasteiger partial charge in [0.2, 0.25) is 0 Å². The molecule has 0 N–H and O–H groups in total. The fourth-order valence-electron chi connectivity index (χ4n) is 0.859. The highest BCUT2D eigenvalue weighted by Crippen LogP contribution is 2.25. The summed E-state index contributed by atoms with van der Waals surface area (Å²) in [6.45, 7) is -0.283. The maximum Gasteiger partial charge on any atom is 0.277 e. The summed E-state index contributed by atoms with van der Waals surface area (Å²) in [6, 6.07) is 0. The molecule has 0 saturated heterocycles. The third-order valence-electron chi connectivity index (χ3n) is 1.50. The molecule has 3 heteroatoms. The van der Waals surface area contributed by atoms with Crippen molar-refractivity contribution in [1.29, 1.82) is 0 Å². The molecule has 0 aromatic heterocycles. The van der Waals surface area contributed by atoms with E-state index in [4.69, 9.17) is 22.2 Å². The summed E-state index contributed by atoms with van der Waals surface area (Å²) in [6.07, 6.45) is 13.7. The van der Waals surface area contributed by atoms with Gasteiger partial charge >= 0.3 is 0 Å². The Morgan fingerprint density at radius 2 is 1.58 bits per heavy atom. The summed E-state index contributed by atoms with van der Waals surface area (Å²) in [5, 5.41) is 1.03. The van der Waals surface area contributed by atoms with E-state index < -0.39 is 6.69 Å². The molecule has 1 rings (SSSR count). The summed E-state index contributed by atoms with van der Waals surface area (Å²) in [5.41, 5.74) is 0. The van der Waals surface area contributed by atoms with Crippen molar-refractivity contribution >= 4 is 28.9 Å². The van der Waals surface area contributed by atoms with Crippen LogP contribution in [0.15, 0.2) is 47.7 Å². The molecule has 0 spiro atoms. The first kappa shape index (κ1) is 9.84. The van der Waals surface area contributed by atoms with Crippen molar-refractivity contribution < 1.29 is 0 Å². The van der Waals surface area contributed by atoms with Crippen molar-refractivity contribution in [1.82, 2.24) is 0 Å². The van der Waals surface area contributed by atoms with E-state index in [0.29, 0.717) is 0 Å². The van der Waals surface area contributed by atoms with Gasteiger partial charge in [0, 0.05) is 0 Å². The molecule has 0 unspecified atom stereocenters. The number of rotatable bonds is 1. The van der Waals surface area contributed by atoms with E-state index in [1.165, 1.54) is 0 Å². The van der Waals surface area contributed by atoms with E-state index in [9.17, 15) is 0 Å². The van der Waals surface area contributed by atoms with Gasteiger partial charge in [0.05, 0.1) is 0 Å². The molecule has 1 aliphatic carbocycles. The molecule has 12 heavy (non-hydrogen) atoms. The van der Waals surface area contributed by atoms with Crippen molar-refractivity contribution in [2.75, 3.05) is 0 Å². The van der Waals surface area contributed by atoms with Crippen LogP contribution in [0.3, 0.4) is 0 Å². The average Bonchev–Trinajstić information content (AvgIpc) is 1.81. The van der Waals surface area contributed by atoms with E-state index in [1.807, 2.05) is 49.1 Å². The van der Waals surface area contributed by atoms with Gasteiger partial charge in [-0.25, -0.2) is 0 Å². The van der Waals surface area contributed by atoms with E-state index in [-0.39, 0.29) is 0 Å². The Bertz CT molecular complexity index is 267. The zero-order valence-corrected chi connectivity index (χ0v) is 9.31. The molecular formula is C9H10Cl2Si. The Morgan fingerprint density at radius 1 is 1.00 bits per heavy atom. The van der Waals surface area contributed by atoms with Crippen LogP contribution in [0.4, 0.5) is 0 Å². The second kappa shape index (κ2) is 4.12. The number of allylic oxidation sites excluding steroid dienone is 8. The normalized spacial score (nSPS) is 17.1. The molecule has 0 amide bonds. The molecule has 0 saturated carbocycles. The molecule has 0 nitrogen and oxygen atoms in total. The summed E-state index contributed by atoms with van der Waals surface area (Å²) in [4.78, 5) is 0. The largest absolute Gasteiger partial charge is 0.277 e. The average molecular weight is 217 g/mol. The van der Waals surface area contributed by atoms with Gasteiger partial charge in [-0.1, -0.05) is 42.5 Å². The van der Waals surface area contributed by atoms with Gasteiger partial charge < -0.3 is 0 Å². The Labute approximate surface area is 83.3 Å². The van der Waals surface area contributed by atoms with Gasteiger partial charge in [-0.2, -0.15) is 0 Å². The highest BCUT2D eigenvalue weighted by atomic mass is 35.7. The number of hydrogen-bond donors (Lipinski definition) is 0. The van der Waals surface area contributed by atoms with Crippen molar-refractivity contribution in [3.63, 3.8) is 0 Å². The standard InChI is InChI=1S/C9H10Cl2Si/c1-12(10,11)9-7-5-3-2-4-6-8-9/h2-8H,1H3. The fourth-order valence-corrected chi connectivity index (χ4v) is 2.39. The third kappa shape index (κ3) is 3.01. The number of hydrogen-bond acceptors (Lipinski definition) is 0. The summed E-state index contributed by atoms with van der Waals surface area (Å²) in [5.74, 6) is 0. The zero-order valence-electron chi connectivity index (χ0n) is 6.80. The topological polar surface area (TPSA) is 0 Å². The molecule has 0 fully saturated rings. The number of halogens is 2. The molecule has 0 radical (unpaired) electrons. The van der Waals surface area contributed by atoms with Crippen LogP contribution in [0.25, 0.3) is 0 Å². The molecule has 0 aromatic rings. The molecule has 1 aliphatic rings. The van der Waals surface area contributed by atoms with Gasteiger partial charge in [0.25, 0.3) is 6.69 Å². The summed E-state index contributed by atoms with van der Waals surface area (Å²) in [7, 11) is 0. The Hall–Kier alpha value is -0.243. The summed E-state index contributed by atoms with van der Waals surface area (Å²) >= 11 is 12.1. The van der Waals surface area contributed by atoms with Gasteiger partial charge in [-0.05, 0) is 11.7 Å². The van der Waals surface area contributed by atoms with Crippen molar-refractivity contribution in [2.45, 2.75) is 6.55 Å². The second-order valence-electron chi connectivity index (χ2n) is 2.64. The van der Waals surface area contributed by atoms with E-state index in [0.717, 1.165) is 5.20 Å². The molecule has 0 aliphatic heterocycles. The van der Waals surface area contributed by atoms with Crippen LogP contribution >= 0.6 is 22.2 Å². The van der Waals surface area contributed by atoms with Crippen LogP contribution in [0.1, 0.15) is 0 Å². The molecule has 64 valence electrons. The van der Waals surface area contributed by atoms with Gasteiger partial charge in [-0.15, -0.1) is 22.2 Å². The predicted octanol–water partition coefficient (Wildman–Crippen LogP) is 3.68. The Morgan fingerprint density at radius 3 is 2.25 bits per heavy atom. The first-order valence-electron chi connectivity index (χ1n) is 3.71. The van der Waals surface area contributed by atoms with Crippen LogP contribution in [0.2, 0.25) is 6.55 Å². The van der Waals surface area contributed by atoms with E-state index in [2.05, 4.69) is 0 Å².